The van der Waals surface area contributed by atoms with E-state index in [1.54, 1.807) is 6.26 Å². The molecule has 1 fully saturated rings. The average Bonchev–Trinajstić information content (AvgIpc) is 2.77. The molecule has 1 N–H and O–H groups in total. The quantitative estimate of drug-likeness (QED) is 0.660. The number of carbonyl (C=O) groups excluding carboxylic acids is 1. The van der Waals surface area contributed by atoms with Gasteiger partial charge in [-0.05, 0) is 18.9 Å². The van der Waals surface area contributed by atoms with Crippen LogP contribution in [0, 0.1) is 0 Å². The predicted molar refractivity (Wildman–Crippen MR) is 114 cm³/mol. The van der Waals surface area contributed by atoms with Gasteiger partial charge in [0.05, 0.1) is 23.7 Å². The smallest absolute Gasteiger partial charge is 0.325 e. The number of esters is 1. The van der Waals surface area contributed by atoms with E-state index in [0.717, 1.165) is 30.6 Å². The molecule has 9 nitrogen and oxygen atoms in total. The number of carbonyl (C=O) groups is 1. The van der Waals surface area contributed by atoms with Gasteiger partial charge in [-0.15, -0.1) is 0 Å². The van der Waals surface area contributed by atoms with Gasteiger partial charge >= 0.3 is 5.97 Å². The Kier molecular flexibility index (Phi) is 8.99. The molecule has 2 aromatic heterocycles. The molecule has 2 aromatic rings. The van der Waals surface area contributed by atoms with E-state index in [1.807, 2.05) is 18.2 Å². The monoisotopic (exact) mass is 459 g/mol. The Balaban J connectivity index is 0.00000166. The summed E-state index contributed by atoms with van der Waals surface area (Å²) in [6, 6.07) is 1.07. The van der Waals surface area contributed by atoms with Crippen molar-refractivity contribution in [2.45, 2.75) is 45.7 Å². The Morgan fingerprint density at radius 1 is 1.35 bits per heavy atom. The number of alkyl halides is 2. The highest BCUT2D eigenvalue weighted by Gasteiger charge is 2.23. The van der Waals surface area contributed by atoms with Crippen molar-refractivity contribution in [3.05, 3.63) is 28.2 Å². The second kappa shape index (κ2) is 11.2. The van der Waals surface area contributed by atoms with Crippen LogP contribution in [0.2, 0.25) is 0 Å². The zero-order valence-electron chi connectivity index (χ0n) is 17.9. The molecule has 3 heterocycles. The van der Waals surface area contributed by atoms with Gasteiger partial charge in [0.15, 0.2) is 0 Å². The number of pyridine rings is 1. The van der Waals surface area contributed by atoms with Crippen molar-refractivity contribution in [2.24, 2.45) is 0 Å². The standard InChI is InChI=1S/C17H21F2N5O4S.C2H6/c1-28-13(25)9-24-15-10(7-12(14(18)19)16(24)26)8-20-17(22-15)21-11-3-5-23(6-4-11)29(2)27;1-2/h7-8,11,14H,3-6,9H2,1-2H3,(H,20,21,22);1-2H3. The normalized spacial score (nSPS) is 16.0. The minimum absolute atomic E-state index is 0.0355. The highest BCUT2D eigenvalue weighted by Crippen LogP contribution is 2.21. The van der Waals surface area contributed by atoms with Crippen LogP contribution in [0.25, 0.3) is 11.0 Å². The van der Waals surface area contributed by atoms with Crippen LogP contribution >= 0.6 is 0 Å². The lowest BCUT2D eigenvalue weighted by Gasteiger charge is -2.30. The summed E-state index contributed by atoms with van der Waals surface area (Å²) in [6.07, 6.45) is 1.41. The van der Waals surface area contributed by atoms with Crippen molar-refractivity contribution < 1.29 is 22.5 Å². The van der Waals surface area contributed by atoms with Gasteiger partial charge in [-0.25, -0.2) is 22.3 Å². The second-order valence-electron chi connectivity index (χ2n) is 6.61. The minimum Gasteiger partial charge on any atom is -0.468 e. The van der Waals surface area contributed by atoms with Gasteiger partial charge in [0.2, 0.25) is 5.95 Å². The van der Waals surface area contributed by atoms with Crippen LogP contribution in [0.4, 0.5) is 14.7 Å². The molecule has 172 valence electrons. The summed E-state index contributed by atoms with van der Waals surface area (Å²) in [7, 11) is 0.123. The highest BCUT2D eigenvalue weighted by atomic mass is 32.2. The number of rotatable bonds is 6. The van der Waals surface area contributed by atoms with E-state index in [-0.39, 0.29) is 23.0 Å². The Labute approximate surface area is 181 Å². The van der Waals surface area contributed by atoms with Gasteiger partial charge in [-0.3, -0.25) is 14.2 Å². The molecule has 1 aliphatic heterocycles. The molecule has 0 saturated carbocycles. The number of piperidine rings is 1. The van der Waals surface area contributed by atoms with Crippen LogP contribution in [-0.4, -0.2) is 61.5 Å². The van der Waals surface area contributed by atoms with Gasteiger partial charge in [0, 0.05) is 37.0 Å². The van der Waals surface area contributed by atoms with E-state index in [0.29, 0.717) is 13.1 Å². The average molecular weight is 460 g/mol. The summed E-state index contributed by atoms with van der Waals surface area (Å²) in [5, 5.41) is 3.37. The van der Waals surface area contributed by atoms with Crippen molar-refractivity contribution in [1.29, 1.82) is 0 Å². The van der Waals surface area contributed by atoms with Crippen molar-refractivity contribution in [3.8, 4) is 0 Å². The van der Waals surface area contributed by atoms with Crippen LogP contribution in [-0.2, 0) is 27.1 Å². The molecule has 0 spiro atoms. The number of aromatic nitrogens is 3. The van der Waals surface area contributed by atoms with E-state index < -0.39 is 41.0 Å². The first-order chi connectivity index (χ1) is 14.8. The molecule has 1 aliphatic rings. The third-order valence-electron chi connectivity index (χ3n) is 4.76. The fraction of sp³-hybridized carbons (Fsp3) is 0.579. The van der Waals surface area contributed by atoms with Crippen LogP contribution in [0.1, 0.15) is 38.7 Å². The molecule has 1 atom stereocenters. The zero-order chi connectivity index (χ0) is 23.1. The number of hydrogen-bond acceptors (Lipinski definition) is 7. The van der Waals surface area contributed by atoms with Crippen LogP contribution in [0.5, 0.6) is 0 Å². The Morgan fingerprint density at radius 2 is 2.00 bits per heavy atom. The molecular formula is C19H27F2N5O4S. The molecule has 0 bridgehead atoms. The molecule has 0 amide bonds. The molecule has 1 unspecified atom stereocenters. The Morgan fingerprint density at radius 3 is 2.55 bits per heavy atom. The predicted octanol–water partition coefficient (Wildman–Crippen LogP) is 2.10. The lowest BCUT2D eigenvalue weighted by molar-refractivity contribution is -0.141. The third-order valence-corrected chi connectivity index (χ3v) is 5.85. The van der Waals surface area contributed by atoms with Gasteiger partial charge < -0.3 is 10.1 Å². The summed E-state index contributed by atoms with van der Waals surface area (Å²) in [5.41, 5.74) is -1.67. The molecule has 3 rings (SSSR count). The Bertz CT molecular complexity index is 993. The summed E-state index contributed by atoms with van der Waals surface area (Å²) < 4.78 is 45.3. The maximum absolute atomic E-state index is 13.2. The number of hydrogen-bond donors (Lipinski definition) is 1. The zero-order valence-corrected chi connectivity index (χ0v) is 18.7. The van der Waals surface area contributed by atoms with Crippen LogP contribution in [0.15, 0.2) is 17.1 Å². The van der Waals surface area contributed by atoms with Crippen molar-refractivity contribution in [2.75, 3.05) is 31.8 Å². The lowest BCUT2D eigenvalue weighted by atomic mass is 10.1. The van der Waals surface area contributed by atoms with E-state index >= 15 is 0 Å². The fourth-order valence-electron chi connectivity index (χ4n) is 3.19. The third kappa shape index (κ3) is 6.03. The number of nitrogens with one attached hydrogen (secondary N) is 1. The number of ether oxygens (including phenoxy) is 1. The van der Waals surface area contributed by atoms with E-state index in [9.17, 15) is 22.6 Å². The van der Waals surface area contributed by atoms with Crippen LogP contribution in [0.3, 0.4) is 0 Å². The summed E-state index contributed by atoms with van der Waals surface area (Å²) in [4.78, 5) is 32.6. The fourth-order valence-corrected chi connectivity index (χ4v) is 3.91. The Hall–Kier alpha value is -2.47. The number of methoxy groups -OCH3 is 1. The minimum atomic E-state index is -3.00. The van der Waals surface area contributed by atoms with E-state index in [2.05, 4.69) is 20.0 Å². The molecule has 12 heteroatoms. The van der Waals surface area contributed by atoms with Crippen LogP contribution < -0.4 is 10.9 Å². The number of anilines is 1. The molecule has 0 aliphatic carbocycles. The first-order valence-electron chi connectivity index (χ1n) is 9.90. The van der Waals surface area contributed by atoms with Gasteiger partial charge in [0.25, 0.3) is 12.0 Å². The van der Waals surface area contributed by atoms with Crippen molar-refractivity contribution in [1.82, 2.24) is 18.8 Å². The van der Waals surface area contributed by atoms with Gasteiger partial charge in [-0.1, -0.05) is 13.8 Å². The number of nitrogens with zero attached hydrogens (tertiary/aromatic N) is 4. The highest BCUT2D eigenvalue weighted by molar-refractivity contribution is 7.81. The van der Waals surface area contributed by atoms with E-state index in [1.165, 1.54) is 6.20 Å². The summed E-state index contributed by atoms with van der Waals surface area (Å²) in [6.45, 7) is 4.77. The molecule has 0 radical (unpaired) electrons. The summed E-state index contributed by atoms with van der Waals surface area (Å²) in [5.74, 6) is -0.538. The number of halogens is 2. The molecule has 31 heavy (non-hydrogen) atoms. The van der Waals surface area contributed by atoms with E-state index in [4.69, 9.17) is 0 Å². The summed E-state index contributed by atoms with van der Waals surface area (Å²) >= 11 is 0. The lowest BCUT2D eigenvalue weighted by Crippen LogP contribution is -2.39. The van der Waals surface area contributed by atoms with Crippen molar-refractivity contribution in [3.63, 3.8) is 0 Å². The molecule has 0 aromatic carbocycles. The SMILES string of the molecule is CC.COC(=O)Cn1c(=O)c(C(F)F)cc2cnc(NC3CCN(S(C)=O)CC3)nc21. The van der Waals surface area contributed by atoms with Crippen molar-refractivity contribution >= 4 is 33.9 Å². The second-order valence-corrected chi connectivity index (χ2v) is 7.98. The van der Waals surface area contributed by atoms with Gasteiger partial charge in [0.1, 0.15) is 12.2 Å². The molecular weight excluding hydrogens is 432 g/mol. The number of fused-ring (bicyclic) bond motifs is 1. The molecule has 1 saturated heterocycles. The van der Waals surface area contributed by atoms with Gasteiger partial charge in [-0.2, -0.15) is 4.98 Å². The maximum atomic E-state index is 13.2. The first kappa shape index (κ1) is 24.8. The first-order valence-corrected chi connectivity index (χ1v) is 11.4. The largest absolute Gasteiger partial charge is 0.468 e. The maximum Gasteiger partial charge on any atom is 0.325 e. The topological polar surface area (TPSA) is 106 Å².